The van der Waals surface area contributed by atoms with Crippen molar-refractivity contribution in [2.24, 2.45) is 0 Å². The van der Waals surface area contributed by atoms with Crippen molar-refractivity contribution in [2.75, 3.05) is 18.5 Å². The largest absolute Gasteiger partial charge is 0.494 e. The molecule has 0 unspecified atom stereocenters. The molecule has 0 fully saturated rings. The predicted octanol–water partition coefficient (Wildman–Crippen LogP) is 4.91. The standard InChI is InChI=1S/C20H25NO3/c1-3-5-15-24-19-9-7-6-8-18(19)21-20(22)16-10-12-17(13-11-16)23-14-4-2/h6-13H,3-5,14-15H2,1-2H3,(H,21,22). The second-order valence-corrected chi connectivity index (χ2v) is 5.53. The molecule has 0 saturated heterocycles. The summed E-state index contributed by atoms with van der Waals surface area (Å²) in [6.45, 7) is 5.49. The molecule has 2 aromatic rings. The highest BCUT2D eigenvalue weighted by Gasteiger charge is 2.10. The monoisotopic (exact) mass is 327 g/mol. The molecule has 0 heterocycles. The zero-order valence-corrected chi connectivity index (χ0v) is 14.4. The highest BCUT2D eigenvalue weighted by atomic mass is 16.5. The molecule has 0 radical (unpaired) electrons. The molecule has 4 nitrogen and oxygen atoms in total. The number of carbonyl (C=O) groups is 1. The van der Waals surface area contributed by atoms with Gasteiger partial charge in [-0.3, -0.25) is 4.79 Å². The molecule has 0 atom stereocenters. The first-order valence-electron chi connectivity index (χ1n) is 8.50. The number of anilines is 1. The number of carbonyl (C=O) groups excluding carboxylic acids is 1. The van der Waals surface area contributed by atoms with E-state index in [1.165, 1.54) is 0 Å². The minimum atomic E-state index is -0.163. The maximum absolute atomic E-state index is 12.4. The van der Waals surface area contributed by atoms with Crippen LogP contribution in [0.3, 0.4) is 0 Å². The smallest absolute Gasteiger partial charge is 0.255 e. The Morgan fingerprint density at radius 3 is 2.38 bits per heavy atom. The molecule has 2 rings (SSSR count). The molecule has 128 valence electrons. The Bertz CT molecular complexity index is 638. The molecule has 2 aromatic carbocycles. The lowest BCUT2D eigenvalue weighted by molar-refractivity contribution is 0.102. The number of benzene rings is 2. The summed E-state index contributed by atoms with van der Waals surface area (Å²) in [4.78, 5) is 12.4. The van der Waals surface area contributed by atoms with Crippen molar-refractivity contribution in [1.82, 2.24) is 0 Å². The van der Waals surface area contributed by atoms with Gasteiger partial charge in [0.05, 0.1) is 18.9 Å². The van der Waals surface area contributed by atoms with Crippen LogP contribution in [0, 0.1) is 0 Å². The molecule has 1 N–H and O–H groups in total. The van der Waals surface area contributed by atoms with Gasteiger partial charge in [0.25, 0.3) is 5.91 Å². The number of para-hydroxylation sites is 2. The van der Waals surface area contributed by atoms with Crippen LogP contribution >= 0.6 is 0 Å². The van der Waals surface area contributed by atoms with E-state index in [1.54, 1.807) is 12.1 Å². The van der Waals surface area contributed by atoms with Crippen molar-refractivity contribution >= 4 is 11.6 Å². The number of nitrogens with one attached hydrogen (secondary N) is 1. The van der Waals surface area contributed by atoms with E-state index in [0.717, 1.165) is 25.0 Å². The zero-order chi connectivity index (χ0) is 17.2. The first-order valence-corrected chi connectivity index (χ1v) is 8.50. The molecule has 0 saturated carbocycles. The van der Waals surface area contributed by atoms with Crippen molar-refractivity contribution in [3.05, 3.63) is 54.1 Å². The predicted molar refractivity (Wildman–Crippen MR) is 97.0 cm³/mol. The first kappa shape index (κ1) is 17.9. The molecule has 1 amide bonds. The number of ether oxygens (including phenoxy) is 2. The SMILES string of the molecule is CCCCOc1ccccc1NC(=O)c1ccc(OCCC)cc1. The fourth-order valence-electron chi connectivity index (χ4n) is 2.14. The lowest BCUT2D eigenvalue weighted by Gasteiger charge is -2.12. The molecule has 0 aromatic heterocycles. The van der Waals surface area contributed by atoms with Crippen LogP contribution in [-0.4, -0.2) is 19.1 Å². The van der Waals surface area contributed by atoms with E-state index >= 15 is 0 Å². The van der Waals surface area contributed by atoms with Gasteiger partial charge in [0, 0.05) is 5.56 Å². The Morgan fingerprint density at radius 2 is 1.67 bits per heavy atom. The average molecular weight is 327 g/mol. The second kappa shape index (κ2) is 9.60. The number of amides is 1. The lowest BCUT2D eigenvalue weighted by Crippen LogP contribution is -2.13. The third-order valence-electron chi connectivity index (χ3n) is 3.48. The average Bonchev–Trinajstić information content (AvgIpc) is 2.62. The van der Waals surface area contributed by atoms with Gasteiger partial charge in [-0.25, -0.2) is 0 Å². The fraction of sp³-hybridized carbons (Fsp3) is 0.350. The summed E-state index contributed by atoms with van der Waals surface area (Å²) in [6.07, 6.45) is 3.01. The normalized spacial score (nSPS) is 10.2. The lowest BCUT2D eigenvalue weighted by atomic mass is 10.2. The molecule has 0 bridgehead atoms. The van der Waals surface area contributed by atoms with Crippen molar-refractivity contribution in [1.29, 1.82) is 0 Å². The number of unbranched alkanes of at least 4 members (excludes halogenated alkanes) is 1. The summed E-state index contributed by atoms with van der Waals surface area (Å²) < 4.78 is 11.3. The number of hydrogen-bond donors (Lipinski definition) is 1. The van der Waals surface area contributed by atoms with Crippen LogP contribution in [0.25, 0.3) is 0 Å². The Hall–Kier alpha value is -2.49. The van der Waals surface area contributed by atoms with Gasteiger partial charge in [-0.2, -0.15) is 0 Å². The van der Waals surface area contributed by atoms with Crippen LogP contribution in [-0.2, 0) is 0 Å². The van der Waals surface area contributed by atoms with Crippen molar-refractivity contribution in [3.63, 3.8) is 0 Å². The van der Waals surface area contributed by atoms with Crippen molar-refractivity contribution < 1.29 is 14.3 Å². The summed E-state index contributed by atoms with van der Waals surface area (Å²) in [5, 5.41) is 2.91. The molecule has 0 aliphatic carbocycles. The molecule has 4 heteroatoms. The Morgan fingerprint density at radius 1 is 0.917 bits per heavy atom. The molecule has 0 aliphatic heterocycles. The highest BCUT2D eigenvalue weighted by Crippen LogP contribution is 2.25. The summed E-state index contributed by atoms with van der Waals surface area (Å²) >= 11 is 0. The van der Waals surface area contributed by atoms with Gasteiger partial charge in [-0.05, 0) is 49.2 Å². The van der Waals surface area contributed by atoms with Gasteiger partial charge >= 0.3 is 0 Å². The Kier molecular flexibility index (Phi) is 7.15. The van der Waals surface area contributed by atoms with Crippen LogP contribution < -0.4 is 14.8 Å². The van der Waals surface area contributed by atoms with Crippen LogP contribution in [0.1, 0.15) is 43.5 Å². The Balaban J connectivity index is 2.01. The molecule has 0 aliphatic rings. The van der Waals surface area contributed by atoms with Gasteiger partial charge in [0.1, 0.15) is 11.5 Å². The third kappa shape index (κ3) is 5.30. The van der Waals surface area contributed by atoms with Crippen molar-refractivity contribution in [2.45, 2.75) is 33.1 Å². The quantitative estimate of drug-likeness (QED) is 0.666. The topological polar surface area (TPSA) is 47.6 Å². The minimum absolute atomic E-state index is 0.163. The maximum atomic E-state index is 12.4. The highest BCUT2D eigenvalue weighted by molar-refractivity contribution is 6.05. The van der Waals surface area contributed by atoms with Gasteiger partial charge in [0.2, 0.25) is 0 Å². The van der Waals surface area contributed by atoms with E-state index in [2.05, 4.69) is 19.2 Å². The van der Waals surface area contributed by atoms with Gasteiger partial charge in [-0.1, -0.05) is 32.4 Å². The number of rotatable bonds is 9. The van der Waals surface area contributed by atoms with E-state index in [1.807, 2.05) is 36.4 Å². The van der Waals surface area contributed by atoms with E-state index in [4.69, 9.17) is 9.47 Å². The van der Waals surface area contributed by atoms with E-state index in [0.29, 0.717) is 30.2 Å². The summed E-state index contributed by atoms with van der Waals surface area (Å²) in [6, 6.07) is 14.6. The Labute approximate surface area is 143 Å². The van der Waals surface area contributed by atoms with Gasteiger partial charge in [-0.15, -0.1) is 0 Å². The minimum Gasteiger partial charge on any atom is -0.494 e. The van der Waals surface area contributed by atoms with Gasteiger partial charge < -0.3 is 14.8 Å². The first-order chi connectivity index (χ1) is 11.7. The summed E-state index contributed by atoms with van der Waals surface area (Å²) in [5.41, 5.74) is 1.27. The molecule has 0 spiro atoms. The van der Waals surface area contributed by atoms with Crippen LogP contribution in [0.4, 0.5) is 5.69 Å². The molecular weight excluding hydrogens is 302 g/mol. The zero-order valence-electron chi connectivity index (χ0n) is 14.4. The van der Waals surface area contributed by atoms with Crippen molar-refractivity contribution in [3.8, 4) is 11.5 Å². The summed E-state index contributed by atoms with van der Waals surface area (Å²) in [7, 11) is 0. The second-order valence-electron chi connectivity index (χ2n) is 5.53. The molecule has 24 heavy (non-hydrogen) atoms. The molecular formula is C20H25NO3. The third-order valence-corrected chi connectivity index (χ3v) is 3.48. The maximum Gasteiger partial charge on any atom is 0.255 e. The van der Waals surface area contributed by atoms with E-state index in [-0.39, 0.29) is 5.91 Å². The van der Waals surface area contributed by atoms with Crippen LogP contribution in [0.5, 0.6) is 11.5 Å². The van der Waals surface area contributed by atoms with Crippen LogP contribution in [0.15, 0.2) is 48.5 Å². The van der Waals surface area contributed by atoms with E-state index < -0.39 is 0 Å². The summed E-state index contributed by atoms with van der Waals surface area (Å²) in [5.74, 6) is 1.31. The van der Waals surface area contributed by atoms with Crippen LogP contribution in [0.2, 0.25) is 0 Å². The fourth-order valence-corrected chi connectivity index (χ4v) is 2.14. The number of hydrogen-bond acceptors (Lipinski definition) is 3. The van der Waals surface area contributed by atoms with Gasteiger partial charge in [0.15, 0.2) is 0 Å². The van der Waals surface area contributed by atoms with E-state index in [9.17, 15) is 4.79 Å².